The maximum atomic E-state index is 11.8. The Hall–Kier alpha value is -2.16. The lowest BCUT2D eigenvalue weighted by atomic mass is 10.4. The number of carboxylic acids is 1. The van der Waals surface area contributed by atoms with Gasteiger partial charge >= 0.3 is 12.0 Å². The van der Waals surface area contributed by atoms with Gasteiger partial charge in [0.2, 0.25) is 5.91 Å². The Balaban J connectivity index is 2.47. The first-order valence-electron chi connectivity index (χ1n) is 6.24. The Morgan fingerprint density at radius 3 is 2.57 bits per heavy atom. The zero-order valence-corrected chi connectivity index (χ0v) is 12.9. The minimum absolute atomic E-state index is 0.142. The molecule has 1 heterocycles. The summed E-state index contributed by atoms with van der Waals surface area (Å²) < 4.78 is 0. The van der Waals surface area contributed by atoms with Gasteiger partial charge in [0, 0.05) is 27.1 Å². The van der Waals surface area contributed by atoms with E-state index in [-0.39, 0.29) is 29.8 Å². The van der Waals surface area contributed by atoms with Crippen LogP contribution < -0.4 is 10.6 Å². The summed E-state index contributed by atoms with van der Waals surface area (Å²) >= 11 is 1.04. The molecule has 1 rings (SSSR count). The van der Waals surface area contributed by atoms with E-state index in [2.05, 4.69) is 15.6 Å². The Morgan fingerprint density at radius 1 is 1.38 bits per heavy atom. The predicted octanol–water partition coefficient (Wildman–Crippen LogP) is 0.427. The zero-order chi connectivity index (χ0) is 16.0. The van der Waals surface area contributed by atoms with Crippen LogP contribution in [-0.4, -0.2) is 53.5 Å². The van der Waals surface area contributed by atoms with Crippen molar-refractivity contribution in [2.75, 3.05) is 20.6 Å². The molecule has 0 aliphatic carbocycles. The van der Waals surface area contributed by atoms with Crippen LogP contribution in [0.25, 0.3) is 0 Å². The zero-order valence-electron chi connectivity index (χ0n) is 12.1. The number of nitrogens with one attached hydrogen (secondary N) is 2. The lowest BCUT2D eigenvalue weighted by Gasteiger charge is -2.16. The molecule has 1 aromatic rings. The lowest BCUT2D eigenvalue weighted by Crippen LogP contribution is -2.38. The van der Waals surface area contributed by atoms with E-state index in [0.717, 1.165) is 11.3 Å². The van der Waals surface area contributed by atoms with Crippen molar-refractivity contribution in [2.24, 2.45) is 0 Å². The third-order valence-electron chi connectivity index (χ3n) is 2.73. The molecular weight excluding hydrogens is 296 g/mol. The lowest BCUT2D eigenvalue weighted by molar-refractivity contribution is -0.120. The van der Waals surface area contributed by atoms with Crippen molar-refractivity contribution in [3.63, 3.8) is 0 Å². The largest absolute Gasteiger partial charge is 0.477 e. The van der Waals surface area contributed by atoms with Crippen LogP contribution in [0.4, 0.5) is 4.79 Å². The van der Waals surface area contributed by atoms with Crippen molar-refractivity contribution in [3.8, 4) is 0 Å². The molecule has 0 unspecified atom stereocenters. The number of aromatic nitrogens is 1. The fourth-order valence-electron chi connectivity index (χ4n) is 1.51. The summed E-state index contributed by atoms with van der Waals surface area (Å²) in [7, 11) is 3.11. The summed E-state index contributed by atoms with van der Waals surface area (Å²) in [6, 6.07) is -0.344. The number of carbonyl (C=O) groups is 3. The predicted molar refractivity (Wildman–Crippen MR) is 77.4 cm³/mol. The van der Waals surface area contributed by atoms with E-state index in [4.69, 9.17) is 5.11 Å². The highest BCUT2D eigenvalue weighted by Crippen LogP contribution is 2.17. The first kappa shape index (κ1) is 16.9. The van der Waals surface area contributed by atoms with Crippen molar-refractivity contribution in [1.82, 2.24) is 20.5 Å². The van der Waals surface area contributed by atoms with Crippen LogP contribution in [0.3, 0.4) is 0 Å². The molecule has 0 spiro atoms. The Morgan fingerprint density at radius 2 is 2.05 bits per heavy atom. The van der Waals surface area contributed by atoms with Gasteiger partial charge in [-0.05, 0) is 6.92 Å². The topological polar surface area (TPSA) is 112 Å². The Bertz CT molecular complexity index is 543. The number of carbonyl (C=O) groups excluding carboxylic acids is 2. The number of amides is 3. The van der Waals surface area contributed by atoms with Crippen molar-refractivity contribution < 1.29 is 19.5 Å². The van der Waals surface area contributed by atoms with Crippen LogP contribution in [0.1, 0.15) is 26.8 Å². The standard InChI is InChI=1S/C12H18N4O4S/c1-7-10(11(18)19)21-9(15-7)6-14-12(20)16(3)5-4-8(17)13-2/h4-6H2,1-3H3,(H,13,17)(H,14,20)(H,18,19). The van der Waals surface area contributed by atoms with E-state index in [1.54, 1.807) is 14.0 Å². The first-order valence-corrected chi connectivity index (χ1v) is 7.06. The number of hydrogen-bond donors (Lipinski definition) is 3. The molecule has 9 heteroatoms. The SMILES string of the molecule is CNC(=O)CCN(C)C(=O)NCc1nc(C)c(C(=O)O)s1. The second-order valence-electron chi connectivity index (χ2n) is 4.33. The summed E-state index contributed by atoms with van der Waals surface area (Å²) in [5.41, 5.74) is 0.435. The van der Waals surface area contributed by atoms with E-state index in [0.29, 0.717) is 17.2 Å². The van der Waals surface area contributed by atoms with E-state index < -0.39 is 5.97 Å². The van der Waals surface area contributed by atoms with Crippen LogP contribution in [0, 0.1) is 6.92 Å². The van der Waals surface area contributed by atoms with Gasteiger partial charge < -0.3 is 20.6 Å². The minimum Gasteiger partial charge on any atom is -0.477 e. The van der Waals surface area contributed by atoms with E-state index in [1.165, 1.54) is 11.9 Å². The van der Waals surface area contributed by atoms with E-state index in [9.17, 15) is 14.4 Å². The first-order chi connectivity index (χ1) is 9.85. The molecule has 0 fully saturated rings. The fourth-order valence-corrected chi connectivity index (χ4v) is 2.35. The highest BCUT2D eigenvalue weighted by molar-refractivity contribution is 7.13. The molecule has 116 valence electrons. The van der Waals surface area contributed by atoms with Gasteiger partial charge in [0.15, 0.2) is 0 Å². The molecule has 0 radical (unpaired) electrons. The third-order valence-corrected chi connectivity index (χ3v) is 3.87. The number of hydrogen-bond acceptors (Lipinski definition) is 5. The average molecular weight is 314 g/mol. The Kier molecular flexibility index (Phi) is 6.10. The quantitative estimate of drug-likeness (QED) is 0.705. The summed E-state index contributed by atoms with van der Waals surface area (Å²) in [6.45, 7) is 2.06. The second kappa shape index (κ2) is 7.58. The van der Waals surface area contributed by atoms with Gasteiger partial charge in [-0.15, -0.1) is 11.3 Å². The molecule has 0 aliphatic heterocycles. The summed E-state index contributed by atoms with van der Waals surface area (Å²) in [4.78, 5) is 39.4. The molecule has 0 saturated heterocycles. The molecule has 0 aromatic carbocycles. The van der Waals surface area contributed by atoms with Crippen LogP contribution in [0.5, 0.6) is 0 Å². The Labute approximate surface area is 126 Å². The van der Waals surface area contributed by atoms with Gasteiger partial charge in [0.25, 0.3) is 0 Å². The van der Waals surface area contributed by atoms with Crippen molar-refractivity contribution in [1.29, 1.82) is 0 Å². The molecule has 1 aromatic heterocycles. The summed E-state index contributed by atoms with van der Waals surface area (Å²) in [5, 5.41) is 14.6. The number of nitrogens with zero attached hydrogens (tertiary/aromatic N) is 2. The summed E-state index contributed by atoms with van der Waals surface area (Å²) in [6.07, 6.45) is 0.222. The minimum atomic E-state index is -1.02. The monoisotopic (exact) mass is 314 g/mol. The number of aryl methyl sites for hydroxylation is 1. The number of rotatable bonds is 6. The normalized spacial score (nSPS) is 10.0. The van der Waals surface area contributed by atoms with Crippen molar-refractivity contribution in [3.05, 3.63) is 15.6 Å². The highest BCUT2D eigenvalue weighted by Gasteiger charge is 2.15. The van der Waals surface area contributed by atoms with Gasteiger partial charge in [0.1, 0.15) is 9.88 Å². The van der Waals surface area contributed by atoms with Gasteiger partial charge in [-0.25, -0.2) is 14.6 Å². The van der Waals surface area contributed by atoms with Gasteiger partial charge in [-0.3, -0.25) is 4.79 Å². The van der Waals surface area contributed by atoms with Gasteiger partial charge in [0.05, 0.1) is 12.2 Å². The fraction of sp³-hybridized carbons (Fsp3) is 0.500. The van der Waals surface area contributed by atoms with Crippen LogP contribution in [0.15, 0.2) is 0 Å². The molecule has 0 atom stereocenters. The van der Waals surface area contributed by atoms with E-state index >= 15 is 0 Å². The van der Waals surface area contributed by atoms with Crippen molar-refractivity contribution in [2.45, 2.75) is 19.9 Å². The molecule has 21 heavy (non-hydrogen) atoms. The number of thiazole rings is 1. The van der Waals surface area contributed by atoms with Crippen LogP contribution in [0.2, 0.25) is 0 Å². The third kappa shape index (κ3) is 5.03. The number of urea groups is 1. The smallest absolute Gasteiger partial charge is 0.347 e. The van der Waals surface area contributed by atoms with Crippen LogP contribution in [-0.2, 0) is 11.3 Å². The van der Waals surface area contributed by atoms with Gasteiger partial charge in [-0.2, -0.15) is 0 Å². The molecule has 0 bridgehead atoms. The van der Waals surface area contributed by atoms with Crippen molar-refractivity contribution >= 4 is 29.2 Å². The highest BCUT2D eigenvalue weighted by atomic mass is 32.1. The molecule has 3 N–H and O–H groups in total. The molecular formula is C12H18N4O4S. The molecule has 8 nitrogen and oxygen atoms in total. The molecule has 0 saturated carbocycles. The summed E-state index contributed by atoms with van der Waals surface area (Å²) in [5.74, 6) is -1.17. The maximum Gasteiger partial charge on any atom is 0.347 e. The molecule has 0 aliphatic rings. The number of carboxylic acid groups (broad SMARTS) is 1. The van der Waals surface area contributed by atoms with Gasteiger partial charge in [-0.1, -0.05) is 0 Å². The maximum absolute atomic E-state index is 11.8. The van der Waals surface area contributed by atoms with Crippen LogP contribution >= 0.6 is 11.3 Å². The second-order valence-corrected chi connectivity index (χ2v) is 5.41. The molecule has 3 amide bonds. The number of aromatic carboxylic acids is 1. The van der Waals surface area contributed by atoms with E-state index in [1.807, 2.05) is 0 Å². The average Bonchev–Trinajstić information content (AvgIpc) is 2.82.